The number of nitrogen functional groups attached to an aromatic ring is 1. The van der Waals surface area contributed by atoms with Gasteiger partial charge in [0.1, 0.15) is 5.82 Å². The molecule has 5 heteroatoms. The smallest absolute Gasteiger partial charge is 0.337 e. The van der Waals surface area contributed by atoms with E-state index in [2.05, 4.69) is 17.2 Å². The van der Waals surface area contributed by atoms with Gasteiger partial charge in [0.05, 0.1) is 11.3 Å². The van der Waals surface area contributed by atoms with Crippen molar-refractivity contribution < 1.29 is 9.90 Å². The minimum atomic E-state index is -1.03. The van der Waals surface area contributed by atoms with E-state index in [1.165, 1.54) is 18.7 Å². The lowest BCUT2D eigenvalue weighted by molar-refractivity contribution is 0.0698. The molecular formula is C11H15N3O2. The molecule has 1 aliphatic carbocycles. The summed E-state index contributed by atoms with van der Waals surface area (Å²) in [5.41, 5.74) is 6.09. The molecule has 0 bridgehead atoms. The molecule has 0 atom stereocenters. The van der Waals surface area contributed by atoms with Crippen molar-refractivity contribution in [1.29, 1.82) is 0 Å². The minimum absolute atomic E-state index is 0.0121. The number of anilines is 2. The maximum absolute atomic E-state index is 10.9. The molecule has 5 nitrogen and oxygen atoms in total. The van der Waals surface area contributed by atoms with Crippen LogP contribution in [0, 0.1) is 0 Å². The summed E-state index contributed by atoms with van der Waals surface area (Å²) in [5, 5.41) is 12.1. The van der Waals surface area contributed by atoms with Crippen LogP contribution in [0.15, 0.2) is 12.3 Å². The van der Waals surface area contributed by atoms with Crippen molar-refractivity contribution in [3.05, 3.63) is 17.8 Å². The lowest BCUT2D eigenvalue weighted by atomic mass is 9.78. The van der Waals surface area contributed by atoms with Crippen molar-refractivity contribution >= 4 is 17.5 Å². The first kappa shape index (κ1) is 10.7. The van der Waals surface area contributed by atoms with Crippen molar-refractivity contribution in [2.75, 3.05) is 11.1 Å². The number of aromatic carboxylic acids is 1. The summed E-state index contributed by atoms with van der Waals surface area (Å²) >= 11 is 0. The molecule has 16 heavy (non-hydrogen) atoms. The standard InChI is InChI=1S/C11H15N3O2/c1-11(4-2-5-11)14-9-8(12)7(10(15)16)3-6-13-9/h3,6H,2,4-5,12H2,1H3,(H,13,14)(H,15,16). The number of carboxylic acid groups (broad SMARTS) is 1. The van der Waals surface area contributed by atoms with Gasteiger partial charge in [-0.15, -0.1) is 0 Å². The predicted molar refractivity (Wildman–Crippen MR) is 61.5 cm³/mol. The fourth-order valence-corrected chi connectivity index (χ4v) is 1.88. The van der Waals surface area contributed by atoms with Crippen molar-refractivity contribution in [2.24, 2.45) is 0 Å². The molecule has 0 aromatic carbocycles. The summed E-state index contributed by atoms with van der Waals surface area (Å²) in [6.07, 6.45) is 4.77. The number of hydrogen-bond acceptors (Lipinski definition) is 4. The van der Waals surface area contributed by atoms with Crippen LogP contribution < -0.4 is 11.1 Å². The number of rotatable bonds is 3. The van der Waals surface area contributed by atoms with Crippen LogP contribution in [0.1, 0.15) is 36.5 Å². The first-order valence-corrected chi connectivity index (χ1v) is 5.28. The van der Waals surface area contributed by atoms with E-state index in [9.17, 15) is 4.79 Å². The second kappa shape index (κ2) is 3.66. The highest BCUT2D eigenvalue weighted by Gasteiger charge is 2.32. The van der Waals surface area contributed by atoms with Crippen molar-refractivity contribution in [3.8, 4) is 0 Å². The molecule has 1 heterocycles. The highest BCUT2D eigenvalue weighted by Crippen LogP contribution is 2.35. The highest BCUT2D eigenvalue weighted by molar-refractivity contribution is 5.96. The first-order valence-electron chi connectivity index (χ1n) is 5.28. The topological polar surface area (TPSA) is 88.2 Å². The van der Waals surface area contributed by atoms with E-state index in [1.54, 1.807) is 0 Å². The van der Waals surface area contributed by atoms with Crippen LogP contribution in [-0.4, -0.2) is 21.6 Å². The summed E-state index contributed by atoms with van der Waals surface area (Å²) < 4.78 is 0. The van der Waals surface area contributed by atoms with Crippen molar-refractivity contribution in [2.45, 2.75) is 31.7 Å². The van der Waals surface area contributed by atoms with Gasteiger partial charge in [0.2, 0.25) is 0 Å². The summed E-state index contributed by atoms with van der Waals surface area (Å²) in [4.78, 5) is 15.0. The Kier molecular flexibility index (Phi) is 2.46. The van der Waals surface area contributed by atoms with Crippen LogP contribution in [0.5, 0.6) is 0 Å². The van der Waals surface area contributed by atoms with Gasteiger partial charge in [0.25, 0.3) is 0 Å². The number of nitrogens with one attached hydrogen (secondary N) is 1. The third kappa shape index (κ3) is 1.80. The summed E-state index contributed by atoms with van der Waals surface area (Å²) in [6.45, 7) is 2.09. The molecule has 0 aliphatic heterocycles. The molecular weight excluding hydrogens is 206 g/mol. The third-order valence-corrected chi connectivity index (χ3v) is 3.10. The van der Waals surface area contributed by atoms with Gasteiger partial charge in [0, 0.05) is 11.7 Å². The number of nitrogens with zero attached hydrogens (tertiary/aromatic N) is 1. The lowest BCUT2D eigenvalue weighted by Gasteiger charge is -2.39. The normalized spacial score (nSPS) is 17.6. The largest absolute Gasteiger partial charge is 0.478 e. The zero-order valence-electron chi connectivity index (χ0n) is 9.16. The Bertz CT molecular complexity index is 427. The molecule has 1 aromatic heterocycles. The van der Waals surface area contributed by atoms with Crippen LogP contribution in [-0.2, 0) is 0 Å². The average molecular weight is 221 g/mol. The van der Waals surface area contributed by atoms with Gasteiger partial charge < -0.3 is 16.2 Å². The molecule has 0 amide bonds. The molecule has 1 saturated carbocycles. The summed E-state index contributed by atoms with van der Waals surface area (Å²) in [6, 6.07) is 1.41. The maximum Gasteiger partial charge on any atom is 0.337 e. The molecule has 1 fully saturated rings. The molecule has 86 valence electrons. The Morgan fingerprint density at radius 2 is 2.31 bits per heavy atom. The number of pyridine rings is 1. The quantitative estimate of drug-likeness (QED) is 0.723. The molecule has 0 radical (unpaired) electrons. The zero-order chi connectivity index (χ0) is 11.8. The lowest BCUT2D eigenvalue weighted by Crippen LogP contribution is -2.42. The van der Waals surface area contributed by atoms with Gasteiger partial charge in [0.15, 0.2) is 0 Å². The molecule has 1 aromatic rings. The van der Waals surface area contributed by atoms with Crippen LogP contribution in [0.25, 0.3) is 0 Å². The van der Waals surface area contributed by atoms with Crippen LogP contribution >= 0.6 is 0 Å². The molecule has 4 N–H and O–H groups in total. The second-order valence-corrected chi connectivity index (χ2v) is 4.47. The van der Waals surface area contributed by atoms with E-state index in [1.807, 2.05) is 0 Å². The zero-order valence-corrected chi connectivity index (χ0v) is 9.16. The Labute approximate surface area is 93.7 Å². The maximum atomic E-state index is 10.9. The number of nitrogens with two attached hydrogens (primary N) is 1. The van der Waals surface area contributed by atoms with E-state index in [4.69, 9.17) is 10.8 Å². The summed E-state index contributed by atoms with van der Waals surface area (Å²) in [5.74, 6) is -0.552. The fraction of sp³-hybridized carbons (Fsp3) is 0.455. The molecule has 0 saturated heterocycles. The van der Waals surface area contributed by atoms with E-state index >= 15 is 0 Å². The Morgan fingerprint density at radius 3 is 2.81 bits per heavy atom. The van der Waals surface area contributed by atoms with Crippen LogP contribution in [0.4, 0.5) is 11.5 Å². The Balaban J connectivity index is 2.27. The van der Waals surface area contributed by atoms with E-state index in [0.29, 0.717) is 5.82 Å². The first-order chi connectivity index (χ1) is 7.52. The van der Waals surface area contributed by atoms with Gasteiger partial charge >= 0.3 is 5.97 Å². The molecule has 0 spiro atoms. The number of hydrogen-bond donors (Lipinski definition) is 3. The summed E-state index contributed by atoms with van der Waals surface area (Å²) in [7, 11) is 0. The van der Waals surface area contributed by atoms with E-state index in [0.717, 1.165) is 12.8 Å². The minimum Gasteiger partial charge on any atom is -0.478 e. The monoisotopic (exact) mass is 221 g/mol. The third-order valence-electron chi connectivity index (χ3n) is 3.10. The van der Waals surface area contributed by atoms with Crippen molar-refractivity contribution in [3.63, 3.8) is 0 Å². The van der Waals surface area contributed by atoms with Gasteiger partial charge in [-0.2, -0.15) is 0 Å². The molecule has 1 aliphatic rings. The van der Waals surface area contributed by atoms with Crippen LogP contribution in [0.3, 0.4) is 0 Å². The van der Waals surface area contributed by atoms with Gasteiger partial charge in [-0.05, 0) is 32.3 Å². The van der Waals surface area contributed by atoms with E-state index in [-0.39, 0.29) is 16.8 Å². The predicted octanol–water partition coefficient (Wildman–Crippen LogP) is 1.72. The fourth-order valence-electron chi connectivity index (χ4n) is 1.88. The number of carboxylic acids is 1. The van der Waals surface area contributed by atoms with E-state index < -0.39 is 5.97 Å². The SMILES string of the molecule is CC1(Nc2nccc(C(=O)O)c2N)CCC1. The molecule has 2 rings (SSSR count). The Morgan fingerprint density at radius 1 is 1.62 bits per heavy atom. The Hall–Kier alpha value is -1.78. The average Bonchev–Trinajstić information content (AvgIpc) is 2.18. The van der Waals surface area contributed by atoms with Gasteiger partial charge in [-0.25, -0.2) is 9.78 Å². The highest BCUT2D eigenvalue weighted by atomic mass is 16.4. The van der Waals surface area contributed by atoms with Gasteiger partial charge in [-0.3, -0.25) is 0 Å². The van der Waals surface area contributed by atoms with Gasteiger partial charge in [-0.1, -0.05) is 0 Å². The number of aromatic nitrogens is 1. The second-order valence-electron chi connectivity index (χ2n) is 4.47. The van der Waals surface area contributed by atoms with Crippen LogP contribution in [0.2, 0.25) is 0 Å². The number of carbonyl (C=O) groups is 1. The molecule has 0 unspecified atom stereocenters. The van der Waals surface area contributed by atoms with Crippen molar-refractivity contribution in [1.82, 2.24) is 4.98 Å².